The van der Waals surface area contributed by atoms with Crippen LogP contribution in [0, 0.1) is 6.92 Å². The average molecular weight is 364 g/mol. The molecule has 2 heterocycles. The van der Waals surface area contributed by atoms with Crippen molar-refractivity contribution in [2.45, 2.75) is 32.6 Å². The molecule has 3 aromatic rings. The number of benzene rings is 1. The zero-order valence-electron chi connectivity index (χ0n) is 15.4. The van der Waals surface area contributed by atoms with E-state index in [-0.39, 0.29) is 11.3 Å². The van der Waals surface area contributed by atoms with Gasteiger partial charge in [0.05, 0.1) is 0 Å². The molecule has 0 saturated heterocycles. The maximum absolute atomic E-state index is 12.2. The smallest absolute Gasteiger partial charge is 0.255 e. The lowest BCUT2D eigenvalue weighted by molar-refractivity contribution is 0.475. The molecular formula is C21H24N4O2. The highest BCUT2D eigenvalue weighted by Gasteiger charge is 2.04. The molecule has 0 spiro atoms. The number of H-pyrrole nitrogens is 1. The van der Waals surface area contributed by atoms with Crippen LogP contribution in [-0.4, -0.2) is 26.6 Å². The van der Waals surface area contributed by atoms with Crippen LogP contribution in [0.3, 0.4) is 0 Å². The van der Waals surface area contributed by atoms with Gasteiger partial charge in [-0.1, -0.05) is 18.2 Å². The van der Waals surface area contributed by atoms with E-state index >= 15 is 0 Å². The van der Waals surface area contributed by atoms with Gasteiger partial charge in [-0.2, -0.15) is 0 Å². The topological polar surface area (TPSA) is 90.9 Å². The second-order valence-electron chi connectivity index (χ2n) is 6.62. The number of aromatic hydroxyl groups is 1. The predicted octanol–water partition coefficient (Wildman–Crippen LogP) is 3.20. The van der Waals surface area contributed by atoms with Crippen LogP contribution in [0.25, 0.3) is 0 Å². The number of nitrogens with one attached hydrogen (secondary N) is 2. The maximum atomic E-state index is 12.2. The first-order valence-electron chi connectivity index (χ1n) is 9.11. The van der Waals surface area contributed by atoms with Gasteiger partial charge in [-0.25, -0.2) is 4.98 Å². The monoisotopic (exact) mass is 364 g/mol. The van der Waals surface area contributed by atoms with Crippen molar-refractivity contribution in [1.29, 1.82) is 0 Å². The molecule has 0 fully saturated rings. The third-order valence-corrected chi connectivity index (χ3v) is 4.36. The van der Waals surface area contributed by atoms with E-state index < -0.39 is 0 Å². The van der Waals surface area contributed by atoms with Crippen LogP contribution in [-0.2, 0) is 12.8 Å². The summed E-state index contributed by atoms with van der Waals surface area (Å²) >= 11 is 0. The number of unbranched alkanes of at least 4 members (excludes halogenated alkanes) is 1. The van der Waals surface area contributed by atoms with Gasteiger partial charge in [0.15, 0.2) is 0 Å². The van der Waals surface area contributed by atoms with Gasteiger partial charge in [-0.05, 0) is 55.5 Å². The number of phenolic OH excluding ortho intramolecular Hbond substituents is 1. The lowest BCUT2D eigenvalue weighted by atomic mass is 10.1. The zero-order valence-corrected chi connectivity index (χ0v) is 15.4. The second-order valence-corrected chi connectivity index (χ2v) is 6.62. The fraction of sp³-hybridized carbons (Fsp3) is 0.286. The summed E-state index contributed by atoms with van der Waals surface area (Å²) in [5.74, 6) is 0.785. The van der Waals surface area contributed by atoms with Gasteiger partial charge >= 0.3 is 0 Å². The third kappa shape index (κ3) is 5.67. The van der Waals surface area contributed by atoms with Gasteiger partial charge < -0.3 is 10.4 Å². The van der Waals surface area contributed by atoms with E-state index in [2.05, 4.69) is 20.3 Å². The minimum absolute atomic E-state index is 0.128. The molecule has 140 valence electrons. The van der Waals surface area contributed by atoms with Crippen LogP contribution in [0.2, 0.25) is 0 Å². The molecule has 0 aliphatic carbocycles. The number of pyridine rings is 1. The molecule has 0 saturated carbocycles. The van der Waals surface area contributed by atoms with Gasteiger partial charge in [0.1, 0.15) is 5.75 Å². The molecule has 0 unspecified atom stereocenters. The standard InChI is InChI=1S/C21H24N4O2/c1-15-5-6-17(13-23-15)12-18-14-24-21(25-20(18)27)22-11-3-2-4-16-7-9-19(26)10-8-16/h5-10,13-14,26H,2-4,11-12H2,1H3,(H2,22,24,25,27). The summed E-state index contributed by atoms with van der Waals surface area (Å²) in [6, 6.07) is 11.2. The predicted molar refractivity (Wildman–Crippen MR) is 106 cm³/mol. The number of anilines is 1. The van der Waals surface area contributed by atoms with Crippen molar-refractivity contribution in [1.82, 2.24) is 15.0 Å². The fourth-order valence-corrected chi connectivity index (χ4v) is 2.78. The molecular weight excluding hydrogens is 340 g/mol. The van der Waals surface area contributed by atoms with Crippen LogP contribution in [0.1, 0.15) is 35.2 Å². The van der Waals surface area contributed by atoms with Crippen LogP contribution >= 0.6 is 0 Å². The van der Waals surface area contributed by atoms with Gasteiger partial charge in [-0.3, -0.25) is 14.8 Å². The highest BCUT2D eigenvalue weighted by Crippen LogP contribution is 2.12. The van der Waals surface area contributed by atoms with E-state index in [1.54, 1.807) is 24.5 Å². The van der Waals surface area contributed by atoms with E-state index in [0.29, 0.717) is 17.9 Å². The maximum Gasteiger partial charge on any atom is 0.255 e. The SMILES string of the molecule is Cc1ccc(Cc2cnc(NCCCCc3ccc(O)cc3)[nH]c2=O)cn1. The Kier molecular flexibility index (Phi) is 6.20. The van der Waals surface area contributed by atoms with Crippen LogP contribution in [0.4, 0.5) is 5.95 Å². The first-order valence-corrected chi connectivity index (χ1v) is 9.11. The van der Waals surface area contributed by atoms with Gasteiger partial charge in [0, 0.05) is 36.6 Å². The van der Waals surface area contributed by atoms with Crippen molar-refractivity contribution in [3.05, 3.63) is 81.5 Å². The normalized spacial score (nSPS) is 10.7. The Morgan fingerprint density at radius 3 is 2.48 bits per heavy atom. The summed E-state index contributed by atoms with van der Waals surface area (Å²) < 4.78 is 0. The number of aromatic amines is 1. The Balaban J connectivity index is 1.45. The number of rotatable bonds is 8. The minimum Gasteiger partial charge on any atom is -0.508 e. The van der Waals surface area contributed by atoms with Crippen LogP contribution < -0.4 is 10.9 Å². The third-order valence-electron chi connectivity index (χ3n) is 4.36. The number of aromatic nitrogens is 3. The first kappa shape index (κ1) is 18.6. The van der Waals surface area contributed by atoms with Crippen molar-refractivity contribution >= 4 is 5.95 Å². The first-order chi connectivity index (χ1) is 13.1. The number of hydrogen-bond acceptors (Lipinski definition) is 5. The summed E-state index contributed by atoms with van der Waals surface area (Å²) in [6.07, 6.45) is 6.85. The summed E-state index contributed by atoms with van der Waals surface area (Å²) in [4.78, 5) is 23.6. The molecule has 1 aromatic carbocycles. The molecule has 0 amide bonds. The molecule has 3 rings (SSSR count). The average Bonchev–Trinajstić information content (AvgIpc) is 2.67. The molecule has 6 nitrogen and oxygen atoms in total. The van der Waals surface area contributed by atoms with E-state index in [4.69, 9.17) is 0 Å². The molecule has 0 aliphatic heterocycles. The Morgan fingerprint density at radius 2 is 1.78 bits per heavy atom. The number of nitrogens with zero attached hydrogens (tertiary/aromatic N) is 2. The Morgan fingerprint density at radius 1 is 1.00 bits per heavy atom. The van der Waals surface area contributed by atoms with Crippen molar-refractivity contribution in [2.75, 3.05) is 11.9 Å². The quantitative estimate of drug-likeness (QED) is 0.534. The Bertz CT molecular complexity index is 918. The summed E-state index contributed by atoms with van der Waals surface area (Å²) in [7, 11) is 0. The van der Waals surface area contributed by atoms with E-state index in [1.807, 2.05) is 31.2 Å². The molecule has 0 bridgehead atoms. The van der Waals surface area contributed by atoms with Gasteiger partial charge in [0.25, 0.3) is 5.56 Å². The molecule has 2 aromatic heterocycles. The van der Waals surface area contributed by atoms with Crippen molar-refractivity contribution in [3.63, 3.8) is 0 Å². The Hall–Kier alpha value is -3.15. The number of aryl methyl sites for hydroxylation is 2. The van der Waals surface area contributed by atoms with Crippen LogP contribution in [0.15, 0.2) is 53.6 Å². The van der Waals surface area contributed by atoms with E-state index in [0.717, 1.165) is 37.1 Å². The van der Waals surface area contributed by atoms with E-state index in [1.165, 1.54) is 5.56 Å². The molecule has 3 N–H and O–H groups in total. The Labute approximate surface area is 158 Å². The summed E-state index contributed by atoms with van der Waals surface area (Å²) in [6.45, 7) is 2.67. The summed E-state index contributed by atoms with van der Waals surface area (Å²) in [5.41, 5.74) is 3.64. The highest BCUT2D eigenvalue weighted by molar-refractivity contribution is 5.28. The molecule has 0 radical (unpaired) electrons. The zero-order chi connectivity index (χ0) is 19.1. The highest BCUT2D eigenvalue weighted by atomic mass is 16.3. The van der Waals surface area contributed by atoms with Gasteiger partial charge in [0.2, 0.25) is 5.95 Å². The molecule has 27 heavy (non-hydrogen) atoms. The number of phenols is 1. The summed E-state index contributed by atoms with van der Waals surface area (Å²) in [5, 5.41) is 12.4. The molecule has 0 atom stereocenters. The largest absolute Gasteiger partial charge is 0.508 e. The van der Waals surface area contributed by atoms with Crippen molar-refractivity contribution in [3.8, 4) is 5.75 Å². The van der Waals surface area contributed by atoms with E-state index in [9.17, 15) is 9.90 Å². The molecule has 6 heteroatoms. The van der Waals surface area contributed by atoms with Crippen molar-refractivity contribution in [2.24, 2.45) is 0 Å². The fourth-order valence-electron chi connectivity index (χ4n) is 2.78. The van der Waals surface area contributed by atoms with Crippen LogP contribution in [0.5, 0.6) is 5.75 Å². The minimum atomic E-state index is -0.128. The number of hydrogen-bond donors (Lipinski definition) is 3. The molecule has 0 aliphatic rings. The second kappa shape index (κ2) is 8.98. The van der Waals surface area contributed by atoms with Gasteiger partial charge in [-0.15, -0.1) is 0 Å². The lowest BCUT2D eigenvalue weighted by Crippen LogP contribution is -2.17. The lowest BCUT2D eigenvalue weighted by Gasteiger charge is -2.07. The van der Waals surface area contributed by atoms with Crippen molar-refractivity contribution < 1.29 is 5.11 Å².